The molecule has 1 aromatic heterocycles. The van der Waals surface area contributed by atoms with Gasteiger partial charge in [-0.2, -0.15) is 0 Å². The van der Waals surface area contributed by atoms with E-state index in [1.165, 1.54) is 10.5 Å². The largest absolute Gasteiger partial charge is 0.497 e. The highest BCUT2D eigenvalue weighted by molar-refractivity contribution is 14.0. The maximum absolute atomic E-state index is 12.0. The standard InChI is InChI=1S/C24H30N4O3.HI/c1-27(2)23(29)16-26-24(25-14-13-18-9-11-20(30-4)12-10-18)28(3)17-21-15-19-7-5-6-8-22(19)31-21;/h5-12,15H,13-14,16-17H2,1-4H3,(H,25,26);1H. The number of ether oxygens (including phenoxy) is 1. The summed E-state index contributed by atoms with van der Waals surface area (Å²) in [5, 5.41) is 4.45. The minimum absolute atomic E-state index is 0. The summed E-state index contributed by atoms with van der Waals surface area (Å²) in [5.74, 6) is 2.29. The van der Waals surface area contributed by atoms with E-state index in [0.29, 0.717) is 19.0 Å². The van der Waals surface area contributed by atoms with Gasteiger partial charge in [0.25, 0.3) is 0 Å². The molecule has 32 heavy (non-hydrogen) atoms. The van der Waals surface area contributed by atoms with Crippen LogP contribution in [0.15, 0.2) is 64.0 Å². The number of nitrogens with zero attached hydrogens (tertiary/aromatic N) is 3. The first-order chi connectivity index (χ1) is 15.0. The van der Waals surface area contributed by atoms with E-state index < -0.39 is 0 Å². The SMILES string of the molecule is COc1ccc(CCNC(=NCC(=O)N(C)C)N(C)Cc2cc3ccccc3o2)cc1.I. The van der Waals surface area contributed by atoms with Gasteiger partial charge in [-0.1, -0.05) is 30.3 Å². The molecular weight excluding hydrogens is 519 g/mol. The summed E-state index contributed by atoms with van der Waals surface area (Å²) in [4.78, 5) is 20.1. The van der Waals surface area contributed by atoms with Crippen molar-refractivity contribution < 1.29 is 13.9 Å². The highest BCUT2D eigenvalue weighted by Gasteiger charge is 2.12. The smallest absolute Gasteiger partial charge is 0.243 e. The quantitative estimate of drug-likeness (QED) is 0.263. The number of furan rings is 1. The fourth-order valence-corrected chi connectivity index (χ4v) is 3.13. The number of para-hydroxylation sites is 1. The number of nitrogens with one attached hydrogen (secondary N) is 1. The summed E-state index contributed by atoms with van der Waals surface area (Å²) in [7, 11) is 7.05. The van der Waals surface area contributed by atoms with Crippen LogP contribution in [0.5, 0.6) is 5.75 Å². The first kappa shape index (κ1) is 25.5. The summed E-state index contributed by atoms with van der Waals surface area (Å²) in [6.45, 7) is 1.31. The Balaban J connectivity index is 0.00000363. The second-order valence-electron chi connectivity index (χ2n) is 7.56. The van der Waals surface area contributed by atoms with Gasteiger partial charge in [-0.3, -0.25) is 4.79 Å². The number of hydrogen-bond donors (Lipinski definition) is 1. The van der Waals surface area contributed by atoms with Crippen LogP contribution in [0.4, 0.5) is 0 Å². The summed E-state index contributed by atoms with van der Waals surface area (Å²) in [5.41, 5.74) is 2.05. The number of rotatable bonds is 8. The van der Waals surface area contributed by atoms with Gasteiger partial charge in [-0.05, 0) is 36.2 Å². The van der Waals surface area contributed by atoms with Gasteiger partial charge in [0.1, 0.15) is 23.6 Å². The van der Waals surface area contributed by atoms with Crippen molar-refractivity contribution in [2.45, 2.75) is 13.0 Å². The zero-order valence-corrected chi connectivity index (χ0v) is 21.3. The Morgan fingerprint density at radius 3 is 2.47 bits per heavy atom. The fraction of sp³-hybridized carbons (Fsp3) is 0.333. The second-order valence-corrected chi connectivity index (χ2v) is 7.56. The van der Waals surface area contributed by atoms with Gasteiger partial charge in [0.15, 0.2) is 5.96 Å². The number of aliphatic imine (C=N–C) groups is 1. The predicted octanol–water partition coefficient (Wildman–Crippen LogP) is 3.77. The molecule has 0 fully saturated rings. The number of amides is 1. The van der Waals surface area contributed by atoms with Gasteiger partial charge in [0, 0.05) is 33.1 Å². The maximum Gasteiger partial charge on any atom is 0.243 e. The van der Waals surface area contributed by atoms with E-state index in [0.717, 1.165) is 28.9 Å². The molecule has 0 bridgehead atoms. The van der Waals surface area contributed by atoms with Crippen LogP contribution in [-0.2, 0) is 17.8 Å². The lowest BCUT2D eigenvalue weighted by Gasteiger charge is -2.22. The van der Waals surface area contributed by atoms with Crippen LogP contribution in [0.25, 0.3) is 11.0 Å². The minimum Gasteiger partial charge on any atom is -0.497 e. The Hall–Kier alpha value is -2.75. The number of carbonyl (C=O) groups is 1. The van der Waals surface area contributed by atoms with Crippen LogP contribution in [-0.4, -0.2) is 63.0 Å². The molecule has 0 aliphatic heterocycles. The molecule has 0 saturated carbocycles. The van der Waals surface area contributed by atoms with Crippen LogP contribution in [0, 0.1) is 0 Å². The Morgan fingerprint density at radius 2 is 1.81 bits per heavy atom. The lowest BCUT2D eigenvalue weighted by molar-refractivity contribution is -0.127. The normalized spacial score (nSPS) is 11.1. The molecular formula is C24H31IN4O3. The number of halogens is 1. The van der Waals surface area contributed by atoms with Crippen molar-refractivity contribution in [3.63, 3.8) is 0 Å². The molecule has 1 heterocycles. The predicted molar refractivity (Wildman–Crippen MR) is 139 cm³/mol. The lowest BCUT2D eigenvalue weighted by Crippen LogP contribution is -2.40. The van der Waals surface area contributed by atoms with Gasteiger partial charge < -0.3 is 24.3 Å². The van der Waals surface area contributed by atoms with Gasteiger partial charge in [0.2, 0.25) is 5.91 Å². The average Bonchev–Trinajstić information content (AvgIpc) is 3.18. The summed E-state index contributed by atoms with van der Waals surface area (Å²) < 4.78 is 11.1. The van der Waals surface area contributed by atoms with Crippen LogP contribution in [0.2, 0.25) is 0 Å². The monoisotopic (exact) mass is 550 g/mol. The molecule has 0 spiro atoms. The van der Waals surface area contributed by atoms with Crippen molar-refractivity contribution >= 4 is 46.8 Å². The van der Waals surface area contributed by atoms with Crippen LogP contribution >= 0.6 is 24.0 Å². The van der Waals surface area contributed by atoms with Gasteiger partial charge >= 0.3 is 0 Å². The summed E-state index contributed by atoms with van der Waals surface area (Å²) in [6, 6.07) is 18.0. The van der Waals surface area contributed by atoms with Crippen molar-refractivity contribution in [1.29, 1.82) is 0 Å². The maximum atomic E-state index is 12.0. The molecule has 1 amide bonds. The van der Waals surface area contributed by atoms with Crippen LogP contribution < -0.4 is 10.1 Å². The minimum atomic E-state index is -0.0495. The molecule has 172 valence electrons. The van der Waals surface area contributed by atoms with Gasteiger partial charge in [-0.15, -0.1) is 24.0 Å². The van der Waals surface area contributed by atoms with E-state index in [1.807, 2.05) is 66.5 Å². The number of benzene rings is 2. The van der Waals surface area contributed by atoms with E-state index in [9.17, 15) is 4.79 Å². The van der Waals surface area contributed by atoms with Crippen molar-refractivity contribution in [1.82, 2.24) is 15.1 Å². The van der Waals surface area contributed by atoms with E-state index in [-0.39, 0.29) is 36.4 Å². The number of guanidine groups is 1. The third kappa shape index (κ3) is 7.15. The third-order valence-corrected chi connectivity index (χ3v) is 4.95. The lowest BCUT2D eigenvalue weighted by atomic mass is 10.1. The van der Waals surface area contributed by atoms with Crippen LogP contribution in [0.1, 0.15) is 11.3 Å². The highest BCUT2D eigenvalue weighted by atomic mass is 127. The molecule has 0 aliphatic carbocycles. The molecule has 0 aliphatic rings. The molecule has 0 saturated heterocycles. The van der Waals surface area contributed by atoms with E-state index in [4.69, 9.17) is 9.15 Å². The number of carbonyl (C=O) groups excluding carboxylic acids is 1. The Labute approximate surface area is 206 Å². The van der Waals surface area contributed by atoms with E-state index in [2.05, 4.69) is 10.3 Å². The fourth-order valence-electron chi connectivity index (χ4n) is 3.13. The molecule has 8 heteroatoms. The van der Waals surface area contributed by atoms with Crippen molar-refractivity contribution in [3.05, 3.63) is 65.9 Å². The topological polar surface area (TPSA) is 70.3 Å². The second kappa shape index (κ2) is 12.3. The Kier molecular flexibility index (Phi) is 9.83. The third-order valence-electron chi connectivity index (χ3n) is 4.95. The van der Waals surface area contributed by atoms with Gasteiger partial charge in [0.05, 0.1) is 13.7 Å². The average molecular weight is 550 g/mol. The molecule has 3 rings (SSSR count). The van der Waals surface area contributed by atoms with Crippen LogP contribution in [0.3, 0.4) is 0 Å². The van der Waals surface area contributed by atoms with Crippen molar-refractivity contribution in [3.8, 4) is 5.75 Å². The van der Waals surface area contributed by atoms with E-state index >= 15 is 0 Å². The van der Waals surface area contributed by atoms with Gasteiger partial charge in [-0.25, -0.2) is 4.99 Å². The Bertz CT molecular complexity index is 998. The highest BCUT2D eigenvalue weighted by Crippen LogP contribution is 2.19. The zero-order valence-electron chi connectivity index (χ0n) is 19.0. The first-order valence-electron chi connectivity index (χ1n) is 10.3. The molecule has 3 aromatic rings. The van der Waals surface area contributed by atoms with Crippen molar-refractivity contribution in [2.24, 2.45) is 4.99 Å². The summed E-state index contributed by atoms with van der Waals surface area (Å²) in [6.07, 6.45) is 0.823. The molecule has 2 aromatic carbocycles. The first-order valence-corrected chi connectivity index (χ1v) is 10.3. The number of likely N-dealkylation sites (N-methyl/N-ethyl adjacent to an activating group) is 1. The molecule has 0 unspecified atom stereocenters. The van der Waals surface area contributed by atoms with Crippen molar-refractivity contribution in [2.75, 3.05) is 41.3 Å². The molecule has 1 N–H and O–H groups in total. The van der Waals surface area contributed by atoms with E-state index in [1.54, 1.807) is 21.2 Å². The number of methoxy groups -OCH3 is 1. The number of fused-ring (bicyclic) bond motifs is 1. The summed E-state index contributed by atoms with van der Waals surface area (Å²) >= 11 is 0. The molecule has 7 nitrogen and oxygen atoms in total. The zero-order chi connectivity index (χ0) is 22.2. The number of hydrogen-bond acceptors (Lipinski definition) is 4. The molecule has 0 atom stereocenters. The Morgan fingerprint density at radius 1 is 1.09 bits per heavy atom. The molecule has 0 radical (unpaired) electrons.